The number of hydrogen-bond donors (Lipinski definition) is 5. The van der Waals surface area contributed by atoms with Gasteiger partial charge < -0.3 is 35.6 Å². The number of carbonyl (C=O) groups is 5. The van der Waals surface area contributed by atoms with Crippen molar-refractivity contribution in [2.24, 2.45) is 5.41 Å². The molecule has 3 aliphatic rings. The fourth-order valence-electron chi connectivity index (χ4n) is 11.5. The van der Waals surface area contributed by atoms with E-state index in [4.69, 9.17) is 21.4 Å². The summed E-state index contributed by atoms with van der Waals surface area (Å²) in [7, 11) is 0. The summed E-state index contributed by atoms with van der Waals surface area (Å²) in [6, 6.07) is 17.6. The number of nitrogens with zero attached hydrogens (tertiary/aromatic N) is 7. The predicted molar refractivity (Wildman–Crippen MR) is 332 cm³/mol. The first-order valence-corrected chi connectivity index (χ1v) is 31.4. The van der Waals surface area contributed by atoms with Gasteiger partial charge in [-0.2, -0.15) is 13.2 Å². The third kappa shape index (κ3) is 16.8. The number of hydrazine groups is 1. The maximum atomic E-state index is 13.8. The van der Waals surface area contributed by atoms with Crippen molar-refractivity contribution in [1.82, 2.24) is 45.6 Å². The van der Waals surface area contributed by atoms with Crippen LogP contribution in [0.5, 0.6) is 0 Å². The molecule has 5 amide bonds. The van der Waals surface area contributed by atoms with Crippen LogP contribution in [0.1, 0.15) is 155 Å². The average Bonchev–Trinajstić information content (AvgIpc) is 2.20. The van der Waals surface area contributed by atoms with E-state index in [0.29, 0.717) is 48.4 Å². The first-order chi connectivity index (χ1) is 42.0. The van der Waals surface area contributed by atoms with E-state index in [1.807, 2.05) is 81.4 Å². The number of aryl methyl sites for hydroxylation is 1. The van der Waals surface area contributed by atoms with Gasteiger partial charge in [0.2, 0.25) is 17.7 Å². The molecular weight excluding hydrogens is 1170 g/mol. The fourth-order valence-corrected chi connectivity index (χ4v) is 12.5. The molecule has 6 heterocycles. The lowest BCUT2D eigenvalue weighted by Crippen LogP contribution is -2.59. The molecule has 468 valence electrons. The molecule has 0 bridgehead atoms. The van der Waals surface area contributed by atoms with Gasteiger partial charge in [-0.3, -0.25) is 29.4 Å². The first-order valence-electron chi connectivity index (χ1n) is 30.2. The van der Waals surface area contributed by atoms with Gasteiger partial charge >= 0.3 is 6.18 Å². The van der Waals surface area contributed by atoms with Gasteiger partial charge in [0.05, 0.1) is 52.2 Å². The molecule has 88 heavy (non-hydrogen) atoms. The van der Waals surface area contributed by atoms with Crippen molar-refractivity contribution in [1.29, 1.82) is 0 Å². The monoisotopic (exact) mass is 1250 g/mol. The number of unbranched alkanes of at least 4 members (excludes halogenated alkanes) is 4. The minimum absolute atomic E-state index is 0.0690. The van der Waals surface area contributed by atoms with Gasteiger partial charge in [-0.05, 0) is 130 Å². The number of piperidine rings is 2. The van der Waals surface area contributed by atoms with E-state index in [-0.39, 0.29) is 71.6 Å². The molecule has 3 saturated heterocycles. The van der Waals surface area contributed by atoms with Gasteiger partial charge in [-0.25, -0.2) is 19.5 Å². The van der Waals surface area contributed by atoms with Crippen molar-refractivity contribution in [3.8, 4) is 22.3 Å². The number of anilines is 2. The number of fused-ring (bicyclic) bond motifs is 1. The summed E-state index contributed by atoms with van der Waals surface area (Å²) in [6.45, 7) is 14.0. The van der Waals surface area contributed by atoms with E-state index in [1.165, 1.54) is 11.1 Å². The van der Waals surface area contributed by atoms with Crippen LogP contribution in [0.3, 0.4) is 0 Å². The van der Waals surface area contributed by atoms with E-state index in [2.05, 4.69) is 48.1 Å². The van der Waals surface area contributed by atoms with Gasteiger partial charge in [0.25, 0.3) is 11.8 Å². The highest BCUT2D eigenvalue weighted by Crippen LogP contribution is 2.34. The van der Waals surface area contributed by atoms with Crippen LogP contribution in [-0.4, -0.2) is 127 Å². The van der Waals surface area contributed by atoms with Crippen LogP contribution in [0, 0.1) is 31.1 Å². The molecule has 0 radical (unpaired) electrons. The van der Waals surface area contributed by atoms with Crippen molar-refractivity contribution in [3.05, 3.63) is 129 Å². The third-order valence-corrected chi connectivity index (χ3v) is 17.7. The zero-order chi connectivity index (χ0) is 62.9. The number of aromatic nitrogens is 4. The Hall–Kier alpha value is -7.42. The quantitative estimate of drug-likeness (QED) is 0.0357. The van der Waals surface area contributed by atoms with Crippen molar-refractivity contribution in [3.63, 3.8) is 0 Å². The maximum Gasteiger partial charge on any atom is 0.416 e. The molecule has 0 aliphatic carbocycles. The standard InChI is InChI=1S/C65H77ClF3N11O7S/c1-40-43(13-12-14-53(40)61(84)73-48-34-46(65(67,68)69)33-47(66)35-48)21-22-49-37-70-55-23-24-56(75-80(49)55)77-29-25-51(26-30-77)87-52-27-31-78(32-28-52)58(83)16-11-9-7-8-10-15-57(82)74-60(64(4,5)6)63(86)76-79-38-50(81)36-54(79)62(85)72-41(2)44-17-19-45(20-18-44)59-42(3)71-39-88-59/h12-14,17-20,23-24,33-35,37,39,41,50-52,54,60,81H,7-11,15-16,25-32,36,38H2,1-6H3,(H,72,85)(H,73,84)(H,74,82)(H,76,86)/t41-,50+,54-,60+/m0/s1. The van der Waals surface area contributed by atoms with Crippen LogP contribution in [0.15, 0.2) is 84.5 Å². The number of amides is 5. The predicted octanol–water partition coefficient (Wildman–Crippen LogP) is 10.4. The number of halogens is 4. The summed E-state index contributed by atoms with van der Waals surface area (Å²) >= 11 is 7.51. The van der Waals surface area contributed by atoms with Crippen LogP contribution in [-0.2, 0) is 30.1 Å². The van der Waals surface area contributed by atoms with Gasteiger partial charge in [-0.1, -0.05) is 87.9 Å². The van der Waals surface area contributed by atoms with Crippen molar-refractivity contribution in [2.45, 2.75) is 161 Å². The normalized spacial score (nSPS) is 17.7. The number of aliphatic hydroxyl groups is 1. The number of nitrogens with one attached hydrogen (secondary N) is 4. The Kier molecular flexibility index (Phi) is 21.3. The highest BCUT2D eigenvalue weighted by Gasteiger charge is 2.41. The summed E-state index contributed by atoms with van der Waals surface area (Å²) in [4.78, 5) is 81.2. The molecule has 0 unspecified atom stereocenters. The number of ether oxygens (including phenoxy) is 1. The lowest BCUT2D eigenvalue weighted by molar-refractivity contribution is -0.138. The molecule has 3 aromatic carbocycles. The summed E-state index contributed by atoms with van der Waals surface area (Å²) < 4.78 is 48.5. The zero-order valence-corrected chi connectivity index (χ0v) is 52.1. The Morgan fingerprint density at radius 3 is 2.22 bits per heavy atom. The number of rotatable bonds is 20. The Bertz CT molecular complexity index is 3530. The second-order valence-electron chi connectivity index (χ2n) is 24.2. The zero-order valence-electron chi connectivity index (χ0n) is 50.5. The van der Waals surface area contributed by atoms with Crippen LogP contribution in [0.4, 0.5) is 24.7 Å². The number of β-amino-alcohol motifs (C(OH)–C–C–N with tert-alkyl or cyclic N) is 1. The number of likely N-dealkylation sites (tertiary alicyclic amines) is 1. The van der Waals surface area contributed by atoms with E-state index >= 15 is 0 Å². The van der Waals surface area contributed by atoms with E-state index in [0.717, 1.165) is 104 Å². The summed E-state index contributed by atoms with van der Waals surface area (Å²) in [5.41, 5.74) is 8.38. The molecule has 3 aliphatic heterocycles. The molecule has 5 N–H and O–H groups in total. The lowest BCUT2D eigenvalue weighted by atomic mass is 9.86. The molecule has 9 rings (SSSR count). The van der Waals surface area contributed by atoms with Gasteiger partial charge in [-0.15, -0.1) is 16.4 Å². The van der Waals surface area contributed by atoms with E-state index in [9.17, 15) is 42.3 Å². The molecular formula is C65H77ClF3N11O7S. The smallest absolute Gasteiger partial charge is 0.392 e. The SMILES string of the molecule is Cc1ncsc1-c1ccc([C@H](C)NC(=O)[C@@H]2C[C@@H](O)CN2NC(=O)[C@@H](NC(=O)CCCCCCCC(=O)N2CCC(OC3CCN(c4ccc5ncc(C#Cc6cccc(C(=O)Nc7cc(Cl)cc(C(F)(F)F)c7)c6C)n5n4)CC3)CC2)C(C)(C)C)cc1. The van der Waals surface area contributed by atoms with Gasteiger partial charge in [0, 0.05) is 73.8 Å². The minimum Gasteiger partial charge on any atom is -0.392 e. The third-order valence-electron chi connectivity index (χ3n) is 16.5. The molecule has 3 aromatic heterocycles. The topological polar surface area (TPSA) is 216 Å². The second-order valence-corrected chi connectivity index (χ2v) is 25.5. The Balaban J connectivity index is 0.647. The van der Waals surface area contributed by atoms with Crippen molar-refractivity contribution in [2.75, 3.05) is 42.9 Å². The maximum absolute atomic E-state index is 13.8. The molecule has 18 nitrogen and oxygen atoms in total. The minimum atomic E-state index is -4.63. The number of aliphatic hydroxyl groups excluding tert-OH is 1. The largest absolute Gasteiger partial charge is 0.416 e. The number of benzene rings is 3. The van der Waals surface area contributed by atoms with Gasteiger partial charge in [0.1, 0.15) is 23.6 Å². The number of imidazole rings is 1. The summed E-state index contributed by atoms with van der Waals surface area (Å²) in [5, 5.41) is 25.3. The number of hydrogen-bond acceptors (Lipinski definition) is 13. The Morgan fingerprint density at radius 1 is 0.841 bits per heavy atom. The summed E-state index contributed by atoms with van der Waals surface area (Å²) in [5.74, 6) is 5.55. The van der Waals surface area contributed by atoms with Crippen molar-refractivity contribution < 1.29 is 47.0 Å². The van der Waals surface area contributed by atoms with Crippen molar-refractivity contribution >= 4 is 69.6 Å². The highest BCUT2D eigenvalue weighted by atomic mass is 35.5. The molecule has 0 saturated carbocycles. The first kappa shape index (κ1) is 65.0. The van der Waals surface area contributed by atoms with Gasteiger partial charge in [0.15, 0.2) is 5.65 Å². The molecule has 3 fully saturated rings. The van der Waals surface area contributed by atoms with Crippen LogP contribution in [0.2, 0.25) is 5.02 Å². The van der Waals surface area contributed by atoms with Crippen LogP contribution < -0.4 is 26.3 Å². The molecule has 0 spiro atoms. The average molecular weight is 1250 g/mol. The number of carbonyl (C=O) groups excluding carboxylic acids is 5. The second kappa shape index (κ2) is 28.8. The fraction of sp³-hybridized carbons (Fsp3) is 0.477. The van der Waals surface area contributed by atoms with Crippen LogP contribution in [0.25, 0.3) is 16.1 Å². The summed E-state index contributed by atoms with van der Waals surface area (Å²) in [6.07, 6.45) is 4.35. The van der Waals surface area contributed by atoms with E-state index < -0.39 is 47.2 Å². The number of thiazole rings is 1. The molecule has 6 aromatic rings. The number of alkyl halides is 3. The highest BCUT2D eigenvalue weighted by molar-refractivity contribution is 7.13. The van der Waals surface area contributed by atoms with Crippen LogP contribution >= 0.6 is 22.9 Å². The Morgan fingerprint density at radius 2 is 1.53 bits per heavy atom. The molecule has 4 atom stereocenters. The Labute approximate surface area is 520 Å². The molecule has 23 heteroatoms. The van der Waals surface area contributed by atoms with E-state index in [1.54, 1.807) is 47.2 Å². The lowest BCUT2D eigenvalue weighted by Gasteiger charge is -2.37.